The van der Waals surface area contributed by atoms with Crippen molar-refractivity contribution < 1.29 is 9.00 Å². The van der Waals surface area contributed by atoms with Gasteiger partial charge >= 0.3 is 0 Å². The van der Waals surface area contributed by atoms with Gasteiger partial charge in [-0.2, -0.15) is 0 Å². The van der Waals surface area contributed by atoms with Crippen molar-refractivity contribution in [3.8, 4) is 0 Å². The molecule has 1 aliphatic heterocycles. The van der Waals surface area contributed by atoms with E-state index in [9.17, 15) is 9.00 Å². The van der Waals surface area contributed by atoms with E-state index in [4.69, 9.17) is 23.2 Å². The summed E-state index contributed by atoms with van der Waals surface area (Å²) in [7, 11) is -0.817. The molecule has 4 nitrogen and oxygen atoms in total. The summed E-state index contributed by atoms with van der Waals surface area (Å²) in [6, 6.07) is 3.08. The number of hydrogen-bond donors (Lipinski definition) is 0. The third kappa shape index (κ3) is 2.97. The maximum Gasteiger partial charge on any atom is 0.274 e. The largest absolute Gasteiger partial charge is 0.335 e. The number of rotatable bonds is 1. The Kier molecular flexibility index (Phi) is 4.01. The van der Waals surface area contributed by atoms with E-state index in [1.807, 2.05) is 0 Å². The summed E-state index contributed by atoms with van der Waals surface area (Å²) in [6.07, 6.45) is 0. The number of carbonyl (C=O) groups is 1. The monoisotopic (exact) mass is 292 g/mol. The van der Waals surface area contributed by atoms with Crippen LogP contribution >= 0.6 is 23.2 Å². The van der Waals surface area contributed by atoms with Crippen LogP contribution in [0.4, 0.5) is 0 Å². The summed E-state index contributed by atoms with van der Waals surface area (Å²) in [5.41, 5.74) is 0.159. The minimum Gasteiger partial charge on any atom is -0.335 e. The molecule has 2 heterocycles. The first-order chi connectivity index (χ1) is 8.08. The topological polar surface area (TPSA) is 50.3 Å². The average molecular weight is 293 g/mol. The molecule has 1 aromatic rings. The van der Waals surface area contributed by atoms with E-state index in [0.717, 1.165) is 0 Å². The zero-order valence-electron chi connectivity index (χ0n) is 8.86. The lowest BCUT2D eigenvalue weighted by Crippen LogP contribution is -2.42. The van der Waals surface area contributed by atoms with Gasteiger partial charge in [-0.25, -0.2) is 4.98 Å². The van der Waals surface area contributed by atoms with Crippen LogP contribution < -0.4 is 0 Å². The van der Waals surface area contributed by atoms with Crippen LogP contribution in [0, 0.1) is 0 Å². The fourth-order valence-electron chi connectivity index (χ4n) is 1.56. The molecule has 0 atom stereocenters. The number of halogens is 2. The van der Waals surface area contributed by atoms with Crippen LogP contribution in [0.2, 0.25) is 10.2 Å². The fourth-order valence-corrected chi connectivity index (χ4v) is 2.94. The van der Waals surface area contributed by atoms with Gasteiger partial charge in [0.2, 0.25) is 0 Å². The lowest BCUT2D eigenvalue weighted by molar-refractivity contribution is 0.0765. The molecule has 0 aromatic carbocycles. The van der Waals surface area contributed by atoms with Gasteiger partial charge in [-0.1, -0.05) is 23.2 Å². The van der Waals surface area contributed by atoms with Gasteiger partial charge in [0, 0.05) is 35.4 Å². The van der Waals surface area contributed by atoms with Crippen LogP contribution in [0.3, 0.4) is 0 Å². The zero-order valence-corrected chi connectivity index (χ0v) is 11.2. The third-order valence-electron chi connectivity index (χ3n) is 2.48. The minimum atomic E-state index is -0.817. The zero-order chi connectivity index (χ0) is 12.4. The number of nitrogens with zero attached hydrogens (tertiary/aromatic N) is 2. The van der Waals surface area contributed by atoms with Gasteiger partial charge < -0.3 is 4.90 Å². The van der Waals surface area contributed by atoms with Gasteiger partial charge in [-0.15, -0.1) is 0 Å². The molecule has 0 radical (unpaired) electrons. The molecule has 1 aliphatic rings. The molecule has 0 saturated carbocycles. The normalized spacial score (nSPS) is 17.2. The Bertz CT molecular complexity index is 471. The Hall–Kier alpha value is -0.650. The van der Waals surface area contributed by atoms with Crippen molar-refractivity contribution in [2.75, 3.05) is 24.6 Å². The molecule has 1 saturated heterocycles. The number of aromatic nitrogens is 1. The molecule has 0 unspecified atom stereocenters. The van der Waals surface area contributed by atoms with E-state index in [2.05, 4.69) is 4.98 Å². The quantitative estimate of drug-likeness (QED) is 0.739. The summed E-state index contributed by atoms with van der Waals surface area (Å²) in [5, 5.41) is 0.518. The maximum atomic E-state index is 12.1. The van der Waals surface area contributed by atoms with E-state index in [-0.39, 0.29) is 21.8 Å². The molecule has 1 aromatic heterocycles. The molecule has 92 valence electrons. The fraction of sp³-hybridized carbons (Fsp3) is 0.400. The molecule has 7 heteroatoms. The number of amides is 1. The first-order valence-electron chi connectivity index (χ1n) is 5.04. The standard InChI is InChI=1S/C10H10Cl2N2O2S/c11-7-1-2-8(12)13-9(7)10(15)14-3-5-17(16)6-4-14/h1-2H,3-6H2. The predicted octanol–water partition coefficient (Wildman–Crippen LogP) is 1.59. The molecular formula is C10H10Cl2N2O2S. The average Bonchev–Trinajstić information content (AvgIpc) is 2.32. The molecule has 0 N–H and O–H groups in total. The van der Waals surface area contributed by atoms with Gasteiger partial charge in [-0.05, 0) is 12.1 Å². The predicted molar refractivity (Wildman–Crippen MR) is 68.0 cm³/mol. The van der Waals surface area contributed by atoms with Crippen molar-refractivity contribution in [3.05, 3.63) is 28.0 Å². The SMILES string of the molecule is O=C(c1nc(Cl)ccc1Cl)N1CCS(=O)CC1. The van der Waals surface area contributed by atoms with Gasteiger partial charge in [0.05, 0.1) is 5.02 Å². The van der Waals surface area contributed by atoms with Gasteiger partial charge in [0.1, 0.15) is 10.8 Å². The van der Waals surface area contributed by atoms with E-state index >= 15 is 0 Å². The van der Waals surface area contributed by atoms with Crippen molar-refractivity contribution in [3.63, 3.8) is 0 Å². The molecule has 0 bridgehead atoms. The lowest BCUT2D eigenvalue weighted by Gasteiger charge is -2.26. The maximum absolute atomic E-state index is 12.1. The first kappa shape index (κ1) is 12.8. The molecule has 0 spiro atoms. The second kappa shape index (κ2) is 5.33. The van der Waals surface area contributed by atoms with E-state index < -0.39 is 10.8 Å². The number of hydrogen-bond acceptors (Lipinski definition) is 3. The molecule has 1 amide bonds. The van der Waals surface area contributed by atoms with Crippen molar-refractivity contribution in [1.29, 1.82) is 0 Å². The summed E-state index contributed by atoms with van der Waals surface area (Å²) >= 11 is 11.6. The first-order valence-corrected chi connectivity index (χ1v) is 7.28. The highest BCUT2D eigenvalue weighted by molar-refractivity contribution is 7.85. The second-order valence-electron chi connectivity index (χ2n) is 3.60. The van der Waals surface area contributed by atoms with Crippen molar-refractivity contribution in [2.45, 2.75) is 0 Å². The van der Waals surface area contributed by atoms with Crippen LogP contribution in [0.15, 0.2) is 12.1 Å². The van der Waals surface area contributed by atoms with E-state index in [1.54, 1.807) is 11.0 Å². The molecule has 1 fully saturated rings. The Labute approximate surface area is 111 Å². The van der Waals surface area contributed by atoms with Crippen LogP contribution in [-0.4, -0.2) is 44.6 Å². The molecule has 2 rings (SSSR count). The Morgan fingerprint density at radius 1 is 1.29 bits per heavy atom. The summed E-state index contributed by atoms with van der Waals surface area (Å²) in [6.45, 7) is 0.936. The summed E-state index contributed by atoms with van der Waals surface area (Å²) in [4.78, 5) is 17.6. The van der Waals surface area contributed by atoms with E-state index in [1.165, 1.54) is 6.07 Å². The van der Waals surface area contributed by atoms with Crippen molar-refractivity contribution in [1.82, 2.24) is 9.88 Å². The van der Waals surface area contributed by atoms with E-state index in [0.29, 0.717) is 24.6 Å². The Balaban J connectivity index is 2.19. The Morgan fingerprint density at radius 2 is 1.94 bits per heavy atom. The minimum absolute atomic E-state index is 0.159. The third-order valence-corrected chi connectivity index (χ3v) is 4.27. The highest BCUT2D eigenvalue weighted by Crippen LogP contribution is 2.19. The lowest BCUT2D eigenvalue weighted by atomic mass is 10.3. The second-order valence-corrected chi connectivity index (χ2v) is 6.10. The molecule has 0 aliphatic carbocycles. The summed E-state index contributed by atoms with van der Waals surface area (Å²) in [5.74, 6) is 0.752. The molecule has 17 heavy (non-hydrogen) atoms. The highest BCUT2D eigenvalue weighted by atomic mass is 35.5. The molecular weight excluding hydrogens is 283 g/mol. The van der Waals surface area contributed by atoms with Gasteiger partial charge in [0.15, 0.2) is 0 Å². The van der Waals surface area contributed by atoms with Crippen LogP contribution in [0.25, 0.3) is 0 Å². The summed E-state index contributed by atoms with van der Waals surface area (Å²) < 4.78 is 11.2. The van der Waals surface area contributed by atoms with Crippen molar-refractivity contribution >= 4 is 39.9 Å². The number of carbonyl (C=O) groups excluding carboxylic acids is 1. The number of pyridine rings is 1. The van der Waals surface area contributed by atoms with Gasteiger partial charge in [-0.3, -0.25) is 9.00 Å². The highest BCUT2D eigenvalue weighted by Gasteiger charge is 2.24. The Morgan fingerprint density at radius 3 is 2.59 bits per heavy atom. The van der Waals surface area contributed by atoms with Gasteiger partial charge in [0.25, 0.3) is 5.91 Å². The van der Waals surface area contributed by atoms with Crippen LogP contribution in [0.5, 0.6) is 0 Å². The smallest absolute Gasteiger partial charge is 0.274 e. The van der Waals surface area contributed by atoms with Crippen molar-refractivity contribution in [2.24, 2.45) is 0 Å². The van der Waals surface area contributed by atoms with Crippen LogP contribution in [0.1, 0.15) is 10.5 Å². The van der Waals surface area contributed by atoms with Crippen LogP contribution in [-0.2, 0) is 10.8 Å².